The van der Waals surface area contributed by atoms with Crippen molar-refractivity contribution in [3.05, 3.63) is 60.4 Å². The largest absolute Gasteiger partial charge is 0.411 e. The van der Waals surface area contributed by atoms with Gasteiger partial charge < -0.3 is 5.73 Å². The third-order valence-corrected chi connectivity index (χ3v) is 2.02. The number of pyridine rings is 1. The van der Waals surface area contributed by atoms with E-state index in [4.69, 9.17) is 10.6 Å². The topological polar surface area (TPSA) is 56.2 Å². The molecule has 0 amide bonds. The van der Waals surface area contributed by atoms with Gasteiger partial charge in [-0.05, 0) is 24.3 Å². The summed E-state index contributed by atoms with van der Waals surface area (Å²) in [4.78, 5) is 16.7. The number of nitrogens with two attached hydrogens (primary N) is 1. The summed E-state index contributed by atoms with van der Waals surface area (Å²) < 4.78 is 1.35. The van der Waals surface area contributed by atoms with E-state index in [9.17, 15) is 4.79 Å². The fourth-order valence-electron chi connectivity index (χ4n) is 1.21. The Hall–Kier alpha value is -2.36. The fourth-order valence-corrected chi connectivity index (χ4v) is 1.21. The first-order valence-electron chi connectivity index (χ1n) is 4.80. The molecule has 0 fully saturated rings. The molecule has 0 saturated heterocycles. The SMILES string of the molecule is Nc1ccc(C(=O)O[n+]2ccccc2)cc1. The van der Waals surface area contributed by atoms with E-state index in [0.29, 0.717) is 11.3 Å². The third kappa shape index (κ3) is 2.36. The van der Waals surface area contributed by atoms with Crippen LogP contribution in [0.1, 0.15) is 10.4 Å². The molecule has 1 heterocycles. The first-order valence-corrected chi connectivity index (χ1v) is 4.80. The molecule has 0 unspecified atom stereocenters. The Kier molecular flexibility index (Phi) is 2.82. The normalized spacial score (nSPS) is 9.75. The van der Waals surface area contributed by atoms with Crippen LogP contribution in [0, 0.1) is 0 Å². The summed E-state index contributed by atoms with van der Waals surface area (Å²) in [6.07, 6.45) is 3.30. The lowest BCUT2D eigenvalue weighted by Crippen LogP contribution is -2.44. The molecular formula is C12H11N2O2+. The first-order chi connectivity index (χ1) is 7.75. The third-order valence-electron chi connectivity index (χ3n) is 2.02. The molecule has 0 saturated carbocycles. The van der Waals surface area contributed by atoms with Crippen molar-refractivity contribution >= 4 is 11.7 Å². The lowest BCUT2D eigenvalue weighted by atomic mass is 10.2. The number of nitrogens with zero attached hydrogens (tertiary/aromatic N) is 1. The van der Waals surface area contributed by atoms with Crippen LogP contribution in [0.5, 0.6) is 0 Å². The van der Waals surface area contributed by atoms with E-state index in [2.05, 4.69) is 0 Å². The standard InChI is InChI=1S/C12H10N2O2/c13-11-6-4-10(5-7-11)12(15)16-14-8-2-1-3-9-14/h1-9H,(H-,13,15)/p+1. The van der Waals surface area contributed by atoms with E-state index in [0.717, 1.165) is 0 Å². The van der Waals surface area contributed by atoms with Crippen molar-refractivity contribution in [3.8, 4) is 0 Å². The van der Waals surface area contributed by atoms with E-state index < -0.39 is 5.97 Å². The number of anilines is 1. The van der Waals surface area contributed by atoms with Gasteiger partial charge in [-0.1, -0.05) is 6.07 Å². The number of benzene rings is 1. The minimum Gasteiger partial charge on any atom is -0.399 e. The number of nitrogen functional groups attached to an aromatic ring is 1. The number of rotatable bonds is 2. The Labute approximate surface area is 92.9 Å². The van der Waals surface area contributed by atoms with Gasteiger partial charge in [0.25, 0.3) is 0 Å². The van der Waals surface area contributed by atoms with Gasteiger partial charge in [0.15, 0.2) is 0 Å². The highest BCUT2D eigenvalue weighted by atomic mass is 16.7. The van der Waals surface area contributed by atoms with Gasteiger partial charge in [-0.3, -0.25) is 0 Å². The van der Waals surface area contributed by atoms with Gasteiger partial charge in [-0.15, -0.1) is 0 Å². The molecule has 0 aliphatic carbocycles. The van der Waals surface area contributed by atoms with E-state index in [1.807, 2.05) is 6.07 Å². The molecule has 0 aliphatic rings. The number of aromatic nitrogens is 1. The van der Waals surface area contributed by atoms with Crippen LogP contribution in [-0.2, 0) is 0 Å². The van der Waals surface area contributed by atoms with Crippen molar-refractivity contribution in [1.29, 1.82) is 0 Å². The molecule has 0 spiro atoms. The second kappa shape index (κ2) is 4.44. The smallest absolute Gasteiger partial charge is 0.399 e. The lowest BCUT2D eigenvalue weighted by molar-refractivity contribution is -0.868. The molecule has 0 aliphatic heterocycles. The maximum atomic E-state index is 11.6. The van der Waals surface area contributed by atoms with Crippen LogP contribution in [-0.4, -0.2) is 5.97 Å². The maximum absolute atomic E-state index is 11.6. The quantitative estimate of drug-likeness (QED) is 0.596. The van der Waals surface area contributed by atoms with E-state index in [-0.39, 0.29) is 0 Å². The average Bonchev–Trinajstić information content (AvgIpc) is 2.31. The van der Waals surface area contributed by atoms with Crippen LogP contribution < -0.4 is 15.3 Å². The highest BCUT2D eigenvalue weighted by molar-refractivity contribution is 5.89. The van der Waals surface area contributed by atoms with Crippen molar-refractivity contribution in [2.45, 2.75) is 0 Å². The summed E-state index contributed by atoms with van der Waals surface area (Å²) in [6, 6.07) is 12.0. The minimum absolute atomic E-state index is 0.420. The Bertz CT molecular complexity index is 480. The van der Waals surface area contributed by atoms with Gasteiger partial charge >= 0.3 is 5.97 Å². The van der Waals surface area contributed by atoms with Crippen LogP contribution in [0.25, 0.3) is 0 Å². The molecule has 0 atom stereocenters. The van der Waals surface area contributed by atoms with E-state index in [1.165, 1.54) is 4.73 Å². The van der Waals surface area contributed by atoms with Crippen molar-refractivity contribution in [2.75, 3.05) is 5.73 Å². The molecule has 4 nitrogen and oxygen atoms in total. The van der Waals surface area contributed by atoms with Gasteiger partial charge in [-0.2, -0.15) is 4.84 Å². The molecular weight excluding hydrogens is 204 g/mol. The van der Waals surface area contributed by atoms with E-state index in [1.54, 1.807) is 48.8 Å². The fraction of sp³-hybridized carbons (Fsp3) is 0. The molecule has 2 N–H and O–H groups in total. The summed E-state index contributed by atoms with van der Waals surface area (Å²) in [5, 5.41) is 0. The number of carbonyl (C=O) groups is 1. The first kappa shape index (κ1) is 10.2. The van der Waals surface area contributed by atoms with Crippen molar-refractivity contribution in [1.82, 2.24) is 0 Å². The zero-order chi connectivity index (χ0) is 11.4. The summed E-state index contributed by atoms with van der Waals surface area (Å²) in [6.45, 7) is 0. The number of hydrogen-bond acceptors (Lipinski definition) is 3. The Balaban J connectivity index is 2.12. The van der Waals surface area contributed by atoms with Crippen molar-refractivity contribution in [2.24, 2.45) is 0 Å². The second-order valence-electron chi connectivity index (χ2n) is 3.24. The summed E-state index contributed by atoms with van der Waals surface area (Å²) in [5.74, 6) is -0.420. The highest BCUT2D eigenvalue weighted by Crippen LogP contribution is 2.04. The van der Waals surface area contributed by atoms with Crippen LogP contribution >= 0.6 is 0 Å². The molecule has 0 radical (unpaired) electrons. The molecule has 4 heteroatoms. The van der Waals surface area contributed by atoms with Gasteiger partial charge in [0, 0.05) is 22.6 Å². The maximum Gasteiger partial charge on any atom is 0.411 e. The Morgan fingerprint density at radius 3 is 2.31 bits per heavy atom. The molecule has 0 bridgehead atoms. The van der Waals surface area contributed by atoms with Crippen LogP contribution in [0.2, 0.25) is 0 Å². The van der Waals surface area contributed by atoms with Gasteiger partial charge in [0.2, 0.25) is 12.4 Å². The zero-order valence-electron chi connectivity index (χ0n) is 8.54. The second-order valence-corrected chi connectivity index (χ2v) is 3.24. The average molecular weight is 215 g/mol. The monoisotopic (exact) mass is 215 g/mol. The Morgan fingerprint density at radius 2 is 1.69 bits per heavy atom. The molecule has 2 rings (SSSR count). The van der Waals surface area contributed by atoms with Gasteiger partial charge in [-0.25, -0.2) is 4.79 Å². The minimum atomic E-state index is -0.420. The highest BCUT2D eigenvalue weighted by Gasteiger charge is 2.12. The number of hydrogen-bond donors (Lipinski definition) is 1. The van der Waals surface area contributed by atoms with Crippen LogP contribution in [0.4, 0.5) is 5.69 Å². The predicted octanol–water partition coefficient (Wildman–Crippen LogP) is 0.825. The molecule has 2 aromatic rings. The van der Waals surface area contributed by atoms with Crippen molar-refractivity contribution in [3.63, 3.8) is 0 Å². The molecule has 1 aromatic heterocycles. The molecule has 16 heavy (non-hydrogen) atoms. The van der Waals surface area contributed by atoms with Crippen LogP contribution in [0.3, 0.4) is 0 Å². The summed E-state index contributed by atoms with van der Waals surface area (Å²) in [5.41, 5.74) is 6.60. The van der Waals surface area contributed by atoms with Gasteiger partial charge in [0.1, 0.15) is 0 Å². The van der Waals surface area contributed by atoms with E-state index >= 15 is 0 Å². The zero-order valence-corrected chi connectivity index (χ0v) is 8.54. The molecule has 1 aromatic carbocycles. The van der Waals surface area contributed by atoms with Gasteiger partial charge in [0.05, 0.1) is 5.56 Å². The summed E-state index contributed by atoms with van der Waals surface area (Å²) in [7, 11) is 0. The summed E-state index contributed by atoms with van der Waals surface area (Å²) >= 11 is 0. The number of carbonyl (C=O) groups excluding carboxylic acids is 1. The lowest BCUT2D eigenvalue weighted by Gasteiger charge is -1.97. The van der Waals surface area contributed by atoms with Crippen molar-refractivity contribution < 1.29 is 14.4 Å². The van der Waals surface area contributed by atoms with Crippen LogP contribution in [0.15, 0.2) is 54.9 Å². The predicted molar refractivity (Wildman–Crippen MR) is 58.4 cm³/mol. The Morgan fingerprint density at radius 1 is 1.06 bits per heavy atom. The molecule has 80 valence electrons.